The van der Waals surface area contributed by atoms with Crippen molar-refractivity contribution in [1.82, 2.24) is 10.6 Å². The third-order valence-corrected chi connectivity index (χ3v) is 4.11. The smallest absolute Gasteiger partial charge is 0.348 e. The molecule has 9 heteroatoms. The lowest BCUT2D eigenvalue weighted by Gasteiger charge is -2.12. The van der Waals surface area contributed by atoms with Crippen molar-refractivity contribution in [2.24, 2.45) is 5.92 Å². The monoisotopic (exact) mass is 429 g/mol. The van der Waals surface area contributed by atoms with Crippen molar-refractivity contribution >= 4 is 29.9 Å². The molecule has 0 heterocycles. The van der Waals surface area contributed by atoms with Crippen LogP contribution in [0.25, 0.3) is 0 Å². The summed E-state index contributed by atoms with van der Waals surface area (Å²) in [4.78, 5) is 24.0. The summed E-state index contributed by atoms with van der Waals surface area (Å²) in [5.41, 5.74) is 0.786. The molecule has 0 aromatic heterocycles. The van der Waals surface area contributed by atoms with Gasteiger partial charge in [0.1, 0.15) is 0 Å². The molecule has 0 radical (unpaired) electrons. The summed E-state index contributed by atoms with van der Waals surface area (Å²) in [6, 6.07) is 11.0. The van der Waals surface area contributed by atoms with Gasteiger partial charge in [-0.25, -0.2) is 0 Å². The van der Waals surface area contributed by atoms with Crippen LogP contribution in [0.3, 0.4) is 0 Å². The second-order valence-electron chi connectivity index (χ2n) is 6.40. The van der Waals surface area contributed by atoms with Crippen LogP contribution in [0.2, 0.25) is 0 Å². The predicted octanol–water partition coefficient (Wildman–Crippen LogP) is 3.85. The Kier molecular flexibility index (Phi) is 9.13. The molecule has 2 rings (SSSR count). The molecule has 0 saturated carbocycles. The van der Waals surface area contributed by atoms with E-state index in [1.54, 1.807) is 31.3 Å². The van der Waals surface area contributed by atoms with Crippen LogP contribution < -0.4 is 16.0 Å². The fraction of sp³-hybridized carbons (Fsp3) is 0.300. The van der Waals surface area contributed by atoms with Crippen molar-refractivity contribution in [2.75, 3.05) is 18.9 Å². The van der Waals surface area contributed by atoms with Crippen molar-refractivity contribution in [2.45, 2.75) is 19.6 Å². The lowest BCUT2D eigenvalue weighted by Crippen LogP contribution is -2.28. The Morgan fingerprint density at radius 1 is 1.00 bits per heavy atom. The van der Waals surface area contributed by atoms with Gasteiger partial charge in [-0.15, -0.1) is 12.4 Å². The van der Waals surface area contributed by atoms with Crippen LogP contribution in [0.5, 0.6) is 0 Å². The first-order chi connectivity index (χ1) is 13.2. The van der Waals surface area contributed by atoms with Crippen molar-refractivity contribution in [1.29, 1.82) is 0 Å². The Labute approximate surface area is 173 Å². The molecule has 2 aromatic carbocycles. The SMILES string of the molecule is CNCC(C)C(=O)Nc1ccc(CNC(=O)c2ccc(C(F)(F)F)cc2)cc1.Cl. The largest absolute Gasteiger partial charge is 0.416 e. The van der Waals surface area contributed by atoms with E-state index >= 15 is 0 Å². The van der Waals surface area contributed by atoms with Gasteiger partial charge in [0.15, 0.2) is 0 Å². The molecule has 0 bridgehead atoms. The number of hydrogen-bond acceptors (Lipinski definition) is 3. The Morgan fingerprint density at radius 2 is 1.59 bits per heavy atom. The summed E-state index contributed by atoms with van der Waals surface area (Å²) < 4.78 is 37.7. The van der Waals surface area contributed by atoms with Crippen molar-refractivity contribution in [3.63, 3.8) is 0 Å². The molecule has 0 saturated heterocycles. The van der Waals surface area contributed by atoms with Gasteiger partial charge in [-0.05, 0) is 49.0 Å². The lowest BCUT2D eigenvalue weighted by atomic mass is 10.1. The van der Waals surface area contributed by atoms with Crippen LogP contribution in [0, 0.1) is 5.92 Å². The fourth-order valence-corrected chi connectivity index (χ4v) is 2.47. The van der Waals surface area contributed by atoms with E-state index in [1.807, 2.05) is 6.92 Å². The predicted molar refractivity (Wildman–Crippen MR) is 108 cm³/mol. The third kappa shape index (κ3) is 7.40. The molecule has 5 nitrogen and oxygen atoms in total. The summed E-state index contributed by atoms with van der Waals surface area (Å²) in [5.74, 6) is -0.739. The number of alkyl halides is 3. The summed E-state index contributed by atoms with van der Waals surface area (Å²) in [6.45, 7) is 2.60. The Balaban J connectivity index is 0.00000420. The standard InChI is InChI=1S/C20H22F3N3O2.ClH/c1-13(11-24-2)18(27)26-17-9-3-14(4-10-17)12-25-19(28)15-5-7-16(8-6-15)20(21,22)23;/h3-10,13,24H,11-12H2,1-2H3,(H,25,28)(H,26,27);1H. The minimum absolute atomic E-state index is 0. The molecule has 2 amide bonds. The Hall–Kier alpha value is -2.58. The van der Waals surface area contributed by atoms with Gasteiger partial charge in [-0.3, -0.25) is 9.59 Å². The zero-order valence-electron chi connectivity index (χ0n) is 16.0. The molecule has 0 spiro atoms. The van der Waals surface area contributed by atoms with Crippen LogP contribution in [-0.4, -0.2) is 25.4 Å². The quantitative estimate of drug-likeness (QED) is 0.626. The highest BCUT2D eigenvalue weighted by Crippen LogP contribution is 2.29. The first kappa shape index (κ1) is 24.5. The van der Waals surface area contributed by atoms with Crippen molar-refractivity contribution < 1.29 is 22.8 Å². The average molecular weight is 430 g/mol. The average Bonchev–Trinajstić information content (AvgIpc) is 2.66. The number of nitrogens with one attached hydrogen (secondary N) is 3. The Bertz CT molecular complexity index is 809. The summed E-state index contributed by atoms with van der Waals surface area (Å²) in [7, 11) is 1.78. The summed E-state index contributed by atoms with van der Waals surface area (Å²) in [6.07, 6.45) is -4.43. The molecule has 0 fully saturated rings. The van der Waals surface area contributed by atoms with E-state index in [0.717, 1.165) is 29.8 Å². The number of carbonyl (C=O) groups is 2. The highest BCUT2D eigenvalue weighted by molar-refractivity contribution is 5.94. The maximum Gasteiger partial charge on any atom is 0.416 e. The van der Waals surface area contributed by atoms with E-state index in [4.69, 9.17) is 0 Å². The highest BCUT2D eigenvalue weighted by Gasteiger charge is 2.30. The van der Waals surface area contributed by atoms with Crippen molar-refractivity contribution in [3.8, 4) is 0 Å². The van der Waals surface area contributed by atoms with E-state index in [9.17, 15) is 22.8 Å². The molecule has 0 aliphatic rings. The Morgan fingerprint density at radius 3 is 2.10 bits per heavy atom. The number of carbonyl (C=O) groups excluding carboxylic acids is 2. The summed E-state index contributed by atoms with van der Waals surface area (Å²) >= 11 is 0. The molecule has 158 valence electrons. The molecule has 1 atom stereocenters. The summed E-state index contributed by atoms with van der Waals surface area (Å²) in [5, 5.41) is 8.39. The molecule has 0 aliphatic heterocycles. The normalized spacial score (nSPS) is 11.9. The van der Waals surface area contributed by atoms with Gasteiger partial charge in [0, 0.05) is 30.3 Å². The zero-order chi connectivity index (χ0) is 20.7. The number of hydrogen-bond donors (Lipinski definition) is 3. The van der Waals surface area contributed by atoms with E-state index < -0.39 is 17.6 Å². The van der Waals surface area contributed by atoms with Crippen LogP contribution in [-0.2, 0) is 17.5 Å². The van der Waals surface area contributed by atoms with Crippen LogP contribution in [0.15, 0.2) is 48.5 Å². The lowest BCUT2D eigenvalue weighted by molar-refractivity contribution is -0.137. The maximum absolute atomic E-state index is 12.6. The van der Waals surface area contributed by atoms with Crippen LogP contribution in [0.1, 0.15) is 28.4 Å². The molecular weight excluding hydrogens is 407 g/mol. The second kappa shape index (κ2) is 10.8. The van der Waals surface area contributed by atoms with Crippen molar-refractivity contribution in [3.05, 3.63) is 65.2 Å². The zero-order valence-corrected chi connectivity index (χ0v) is 16.8. The first-order valence-electron chi connectivity index (χ1n) is 8.70. The van der Waals surface area contributed by atoms with Gasteiger partial charge in [0.05, 0.1) is 5.56 Å². The number of halogens is 4. The minimum atomic E-state index is -4.43. The molecule has 3 N–H and O–H groups in total. The number of rotatable bonds is 7. The second-order valence-corrected chi connectivity index (χ2v) is 6.40. The van der Waals surface area contributed by atoms with Crippen LogP contribution >= 0.6 is 12.4 Å². The van der Waals surface area contributed by atoms with Gasteiger partial charge in [0.2, 0.25) is 5.91 Å². The number of anilines is 1. The molecule has 0 aliphatic carbocycles. The van der Waals surface area contributed by atoms with E-state index in [0.29, 0.717) is 12.2 Å². The van der Waals surface area contributed by atoms with Gasteiger partial charge >= 0.3 is 6.18 Å². The highest BCUT2D eigenvalue weighted by atomic mass is 35.5. The van der Waals surface area contributed by atoms with E-state index in [2.05, 4.69) is 16.0 Å². The topological polar surface area (TPSA) is 70.2 Å². The number of amides is 2. The van der Waals surface area contributed by atoms with Gasteiger partial charge < -0.3 is 16.0 Å². The van der Waals surface area contributed by atoms with Crippen LogP contribution in [0.4, 0.5) is 18.9 Å². The molecule has 29 heavy (non-hydrogen) atoms. The minimum Gasteiger partial charge on any atom is -0.348 e. The van der Waals surface area contributed by atoms with Gasteiger partial charge in [0.25, 0.3) is 5.91 Å². The maximum atomic E-state index is 12.6. The fourth-order valence-electron chi connectivity index (χ4n) is 2.47. The first-order valence-corrected chi connectivity index (χ1v) is 8.70. The van der Waals surface area contributed by atoms with E-state index in [-0.39, 0.29) is 36.3 Å². The molecular formula is C20H23ClF3N3O2. The molecule has 2 aromatic rings. The third-order valence-electron chi connectivity index (χ3n) is 4.11. The number of benzene rings is 2. The van der Waals surface area contributed by atoms with E-state index in [1.165, 1.54) is 0 Å². The van der Waals surface area contributed by atoms with Gasteiger partial charge in [-0.2, -0.15) is 13.2 Å². The van der Waals surface area contributed by atoms with Gasteiger partial charge in [-0.1, -0.05) is 19.1 Å². The molecule has 1 unspecified atom stereocenters.